The van der Waals surface area contributed by atoms with Crippen LogP contribution in [0.4, 0.5) is 22.7 Å². The molecule has 7 nitrogen and oxygen atoms in total. The highest BCUT2D eigenvalue weighted by Gasteiger charge is 2.21. The molecule has 7 heteroatoms. The van der Waals surface area contributed by atoms with E-state index in [0.717, 1.165) is 43.8 Å². The van der Waals surface area contributed by atoms with Crippen LogP contribution in [-0.4, -0.2) is 43.9 Å². The van der Waals surface area contributed by atoms with Crippen molar-refractivity contribution in [1.82, 2.24) is 0 Å². The number of carbonyl (C=O) groups excluding carboxylic acids is 1. The van der Waals surface area contributed by atoms with Crippen LogP contribution in [-0.2, 0) is 0 Å². The predicted molar refractivity (Wildman–Crippen MR) is 113 cm³/mol. The lowest BCUT2D eigenvalue weighted by atomic mass is 10.1. The molecule has 0 amide bonds. The van der Waals surface area contributed by atoms with Gasteiger partial charge in [-0.25, -0.2) is 0 Å². The predicted octanol–water partition coefficient (Wildman–Crippen LogP) is 3.80. The zero-order valence-corrected chi connectivity index (χ0v) is 16.3. The average Bonchev–Trinajstić information content (AvgIpc) is 2.72. The van der Waals surface area contributed by atoms with Gasteiger partial charge in [0.2, 0.25) is 0 Å². The first-order chi connectivity index (χ1) is 13.5. The van der Waals surface area contributed by atoms with E-state index < -0.39 is 0 Å². The highest BCUT2D eigenvalue weighted by molar-refractivity contribution is 5.84. The van der Waals surface area contributed by atoms with Gasteiger partial charge in [0.25, 0.3) is 5.69 Å². The lowest BCUT2D eigenvalue weighted by Gasteiger charge is -2.38. The largest absolute Gasteiger partial charge is 0.379 e. The average molecular weight is 382 g/mol. The van der Waals surface area contributed by atoms with Gasteiger partial charge < -0.3 is 15.1 Å². The van der Waals surface area contributed by atoms with E-state index in [0.29, 0.717) is 23.7 Å². The van der Waals surface area contributed by atoms with Gasteiger partial charge in [-0.1, -0.05) is 26.0 Å². The molecule has 0 radical (unpaired) electrons. The van der Waals surface area contributed by atoms with Crippen LogP contribution < -0.4 is 15.1 Å². The van der Waals surface area contributed by atoms with E-state index in [1.54, 1.807) is 6.07 Å². The Hall–Kier alpha value is -3.09. The Kier molecular flexibility index (Phi) is 6.13. The number of nitro groups is 1. The topological polar surface area (TPSA) is 78.7 Å². The fraction of sp³-hybridized carbons (Fsp3) is 0.381. The summed E-state index contributed by atoms with van der Waals surface area (Å²) >= 11 is 0. The van der Waals surface area contributed by atoms with Crippen LogP contribution in [0.25, 0.3) is 0 Å². The molecule has 0 saturated carbocycles. The molecule has 0 spiro atoms. The zero-order valence-electron chi connectivity index (χ0n) is 16.3. The van der Waals surface area contributed by atoms with E-state index in [2.05, 4.69) is 29.0 Å². The number of anilines is 3. The van der Waals surface area contributed by atoms with Crippen molar-refractivity contribution in [2.75, 3.05) is 47.8 Å². The highest BCUT2D eigenvalue weighted by Crippen LogP contribution is 2.31. The summed E-state index contributed by atoms with van der Waals surface area (Å²) in [5, 5.41) is 14.5. The number of rotatable bonds is 7. The molecule has 3 rings (SSSR count). The van der Waals surface area contributed by atoms with Crippen LogP contribution in [0.3, 0.4) is 0 Å². The Labute approximate surface area is 165 Å². The van der Waals surface area contributed by atoms with Crippen LogP contribution in [0.5, 0.6) is 0 Å². The minimum absolute atomic E-state index is 0.1000. The van der Waals surface area contributed by atoms with Crippen LogP contribution >= 0.6 is 0 Å². The van der Waals surface area contributed by atoms with Gasteiger partial charge in [0.15, 0.2) is 6.29 Å². The molecule has 1 saturated heterocycles. The van der Waals surface area contributed by atoms with Crippen LogP contribution in [0.2, 0.25) is 0 Å². The van der Waals surface area contributed by atoms with Crippen LogP contribution in [0.15, 0.2) is 42.5 Å². The molecule has 28 heavy (non-hydrogen) atoms. The summed E-state index contributed by atoms with van der Waals surface area (Å²) in [6.45, 7) is 7.97. The summed E-state index contributed by atoms with van der Waals surface area (Å²) in [6, 6.07) is 12.9. The van der Waals surface area contributed by atoms with E-state index in [9.17, 15) is 14.9 Å². The fourth-order valence-electron chi connectivity index (χ4n) is 3.42. The second kappa shape index (κ2) is 8.73. The van der Waals surface area contributed by atoms with E-state index >= 15 is 0 Å². The van der Waals surface area contributed by atoms with Gasteiger partial charge >= 0.3 is 0 Å². The first kappa shape index (κ1) is 19.7. The monoisotopic (exact) mass is 382 g/mol. The Morgan fingerprint density at radius 1 is 1.11 bits per heavy atom. The molecule has 1 fully saturated rings. The third-order valence-electron chi connectivity index (χ3n) is 4.93. The zero-order chi connectivity index (χ0) is 20.1. The second-order valence-corrected chi connectivity index (χ2v) is 7.38. The smallest absolute Gasteiger partial charge is 0.292 e. The number of para-hydroxylation sites is 1. The quantitative estimate of drug-likeness (QED) is 0.446. The molecule has 1 aliphatic heterocycles. The SMILES string of the molecule is CC(C)CNc1cc(N2CCN(c3ccccc3C=O)CC2)ccc1[N+](=O)[O-]. The number of hydrogen-bond donors (Lipinski definition) is 1. The molecule has 2 aromatic rings. The summed E-state index contributed by atoms with van der Waals surface area (Å²) < 4.78 is 0. The molecule has 1 N–H and O–H groups in total. The normalized spacial score (nSPS) is 14.2. The number of carbonyl (C=O) groups is 1. The van der Waals surface area contributed by atoms with Crippen molar-refractivity contribution in [2.24, 2.45) is 5.92 Å². The maximum atomic E-state index is 11.3. The number of hydrogen-bond acceptors (Lipinski definition) is 6. The van der Waals surface area contributed by atoms with Gasteiger partial charge in [0.05, 0.1) is 4.92 Å². The summed E-state index contributed by atoms with van der Waals surface area (Å²) in [6.07, 6.45) is 0.894. The van der Waals surface area contributed by atoms with Crippen LogP contribution in [0.1, 0.15) is 24.2 Å². The van der Waals surface area contributed by atoms with Gasteiger partial charge in [-0.2, -0.15) is 0 Å². The Balaban J connectivity index is 1.74. The molecular formula is C21H26N4O3. The fourth-order valence-corrected chi connectivity index (χ4v) is 3.42. The summed E-state index contributed by atoms with van der Waals surface area (Å²) in [5.74, 6) is 0.393. The molecule has 1 heterocycles. The van der Waals surface area contributed by atoms with Gasteiger partial charge in [0, 0.05) is 55.7 Å². The molecule has 0 bridgehead atoms. The molecule has 0 aromatic heterocycles. The van der Waals surface area contributed by atoms with Gasteiger partial charge in [-0.05, 0) is 30.2 Å². The van der Waals surface area contributed by atoms with Gasteiger partial charge in [-0.3, -0.25) is 14.9 Å². The third-order valence-corrected chi connectivity index (χ3v) is 4.93. The number of nitro benzene ring substituents is 1. The van der Waals surface area contributed by atoms with E-state index in [1.807, 2.05) is 36.4 Å². The Morgan fingerprint density at radius 3 is 2.43 bits per heavy atom. The van der Waals surface area contributed by atoms with Gasteiger partial charge in [-0.15, -0.1) is 0 Å². The number of nitrogens with zero attached hydrogens (tertiary/aromatic N) is 3. The molecule has 1 aliphatic rings. The number of piperazine rings is 1. The molecule has 0 atom stereocenters. The Morgan fingerprint density at radius 2 is 1.79 bits per heavy atom. The lowest BCUT2D eigenvalue weighted by molar-refractivity contribution is -0.383. The van der Waals surface area contributed by atoms with E-state index in [4.69, 9.17) is 0 Å². The summed E-state index contributed by atoms with van der Waals surface area (Å²) in [4.78, 5) is 26.7. The molecule has 2 aromatic carbocycles. The van der Waals surface area contributed by atoms with Crippen molar-refractivity contribution in [3.8, 4) is 0 Å². The second-order valence-electron chi connectivity index (χ2n) is 7.38. The molecule has 0 unspecified atom stereocenters. The third kappa shape index (κ3) is 4.42. The lowest BCUT2D eigenvalue weighted by Crippen LogP contribution is -2.46. The molecular weight excluding hydrogens is 356 g/mol. The van der Waals surface area contributed by atoms with E-state index in [1.165, 1.54) is 0 Å². The first-order valence-corrected chi connectivity index (χ1v) is 9.56. The first-order valence-electron chi connectivity index (χ1n) is 9.56. The molecule has 0 aliphatic carbocycles. The Bertz CT molecular complexity index is 845. The van der Waals surface area contributed by atoms with Crippen molar-refractivity contribution in [3.05, 3.63) is 58.1 Å². The van der Waals surface area contributed by atoms with Crippen molar-refractivity contribution in [2.45, 2.75) is 13.8 Å². The summed E-state index contributed by atoms with van der Waals surface area (Å²) in [7, 11) is 0. The highest BCUT2D eigenvalue weighted by atomic mass is 16.6. The standard InChI is InChI=1S/C21H26N4O3/c1-16(2)14-22-19-13-18(7-8-21(19)25(27)28)23-9-11-24(12-10-23)20-6-4-3-5-17(20)15-26/h3-8,13,15-16,22H,9-12,14H2,1-2H3. The van der Waals surface area contributed by atoms with Crippen molar-refractivity contribution < 1.29 is 9.72 Å². The van der Waals surface area contributed by atoms with Crippen molar-refractivity contribution >= 4 is 29.0 Å². The maximum Gasteiger partial charge on any atom is 0.292 e. The maximum absolute atomic E-state index is 11.3. The van der Waals surface area contributed by atoms with Crippen LogP contribution in [0, 0.1) is 16.0 Å². The molecule has 148 valence electrons. The van der Waals surface area contributed by atoms with E-state index in [-0.39, 0.29) is 10.6 Å². The van der Waals surface area contributed by atoms with Gasteiger partial charge in [0.1, 0.15) is 5.69 Å². The minimum Gasteiger partial charge on any atom is -0.379 e. The van der Waals surface area contributed by atoms with Crippen molar-refractivity contribution in [1.29, 1.82) is 0 Å². The number of aldehydes is 1. The minimum atomic E-state index is -0.346. The number of benzene rings is 2. The summed E-state index contributed by atoms with van der Waals surface area (Å²) in [5.41, 5.74) is 3.29. The van der Waals surface area contributed by atoms with Crippen molar-refractivity contribution in [3.63, 3.8) is 0 Å². The number of nitrogens with one attached hydrogen (secondary N) is 1.